The number of sulfonamides is 2. The molecule has 45 heavy (non-hydrogen) atoms. The number of aromatic nitrogens is 5. The van der Waals surface area contributed by atoms with E-state index in [9.17, 15) is 34.8 Å². The summed E-state index contributed by atoms with van der Waals surface area (Å²) in [7, 11) is -9.92. The third kappa shape index (κ3) is 5.51. The van der Waals surface area contributed by atoms with Crippen molar-refractivity contribution in [2.75, 3.05) is 5.73 Å². The van der Waals surface area contributed by atoms with Crippen molar-refractivity contribution in [3.8, 4) is 22.5 Å². The zero-order chi connectivity index (χ0) is 32.5. The molecule has 2 fully saturated rings. The van der Waals surface area contributed by atoms with Crippen molar-refractivity contribution in [3.63, 3.8) is 0 Å². The van der Waals surface area contributed by atoms with Crippen LogP contribution < -0.4 is 21.3 Å². The molecule has 2 aliphatic rings. The number of anilines is 1. The molecule has 0 radical (unpaired) electrons. The number of thiazole rings is 1. The van der Waals surface area contributed by atoms with Crippen molar-refractivity contribution in [1.82, 2.24) is 30.3 Å². The number of fused-ring (bicyclic) bond motifs is 3. The molecule has 16 nitrogen and oxygen atoms in total. The van der Waals surface area contributed by atoms with E-state index in [1.807, 2.05) is 0 Å². The highest BCUT2D eigenvalue weighted by atomic mass is 32.2. The molecule has 4 unspecified atom stereocenters. The molecule has 8 N–H and O–H groups in total. The minimum Gasteiger partial charge on any atom is -0.425 e. The van der Waals surface area contributed by atoms with Crippen LogP contribution in [0.3, 0.4) is 0 Å². The van der Waals surface area contributed by atoms with E-state index in [2.05, 4.69) is 30.3 Å². The van der Waals surface area contributed by atoms with Crippen LogP contribution in [0.25, 0.3) is 32.7 Å². The van der Waals surface area contributed by atoms with E-state index < -0.39 is 72.4 Å². The second kappa shape index (κ2) is 10.6. The van der Waals surface area contributed by atoms with Gasteiger partial charge in [-0.25, -0.2) is 41.6 Å². The monoisotopic (exact) mass is 689 g/mol. The predicted octanol–water partition coefficient (Wildman–Crippen LogP) is 0.732. The Morgan fingerprint density at radius 2 is 1.91 bits per heavy atom. The lowest BCUT2D eigenvalue weighted by molar-refractivity contribution is -0.273. The number of benzene rings is 2. The number of nitrogens with zero attached hydrogens (tertiary/aromatic N) is 4. The fourth-order valence-corrected chi connectivity index (χ4v) is 9.29. The molecule has 4 aromatic rings. The molecule has 4 heterocycles. The summed E-state index contributed by atoms with van der Waals surface area (Å²) >= 11 is 1.15. The number of halogens is 3. The number of carbonyl (C=O) groups is 1. The number of rotatable bonds is 7. The zero-order valence-corrected chi connectivity index (χ0v) is 24.9. The number of nitrogens with two attached hydrogens (primary N) is 3. The molecule has 2 saturated heterocycles. The number of para-hydroxylation sites is 1. The Morgan fingerprint density at radius 1 is 1.16 bits per heavy atom. The zero-order valence-electron chi connectivity index (χ0n) is 22.5. The first-order chi connectivity index (χ1) is 21.0. The normalized spacial score (nSPS) is 23.8. The number of aromatic amines is 1. The number of primary sulfonamides is 1. The van der Waals surface area contributed by atoms with Gasteiger partial charge in [-0.1, -0.05) is 29.5 Å². The van der Waals surface area contributed by atoms with Gasteiger partial charge in [-0.15, -0.1) is 5.10 Å². The number of ether oxygens (including phenoxy) is 2. The second-order valence-electron chi connectivity index (χ2n) is 10.3. The van der Waals surface area contributed by atoms with Crippen LogP contribution in [0.15, 0.2) is 40.1 Å². The molecule has 2 aliphatic heterocycles. The summed E-state index contributed by atoms with van der Waals surface area (Å²) in [6.07, 6.45) is -6.79. The average molecular weight is 690 g/mol. The molecule has 2 bridgehead atoms. The number of nitrogen functional groups attached to an aromatic ring is 1. The van der Waals surface area contributed by atoms with Crippen LogP contribution in [0.1, 0.15) is 19.3 Å². The lowest BCUT2D eigenvalue weighted by atomic mass is 9.98. The van der Waals surface area contributed by atoms with Gasteiger partial charge >= 0.3 is 12.1 Å². The highest BCUT2D eigenvalue weighted by molar-refractivity contribution is 7.92. The first-order valence-corrected chi connectivity index (χ1v) is 16.7. The fraction of sp³-hybridized carbons (Fsp3) is 0.348. The van der Waals surface area contributed by atoms with Crippen molar-refractivity contribution in [2.45, 2.75) is 59.2 Å². The quantitative estimate of drug-likeness (QED) is 0.168. The number of carbonyl (C=O) groups excluding carboxylic acids is 1. The van der Waals surface area contributed by atoms with E-state index in [1.165, 1.54) is 6.07 Å². The smallest absolute Gasteiger partial charge is 0.425 e. The first kappa shape index (κ1) is 31.2. The third-order valence-electron chi connectivity index (χ3n) is 7.42. The highest BCUT2D eigenvalue weighted by Crippen LogP contribution is 2.45. The van der Waals surface area contributed by atoms with Crippen LogP contribution in [0.2, 0.25) is 0 Å². The minimum absolute atomic E-state index is 0.0937. The molecular weight excluding hydrogens is 668 g/mol. The van der Waals surface area contributed by atoms with Gasteiger partial charge < -0.3 is 20.9 Å². The van der Waals surface area contributed by atoms with Crippen LogP contribution in [-0.4, -0.2) is 78.6 Å². The van der Waals surface area contributed by atoms with Gasteiger partial charge in [-0.05, 0) is 41.0 Å². The number of H-pyrrole nitrogens is 1. The van der Waals surface area contributed by atoms with Crippen molar-refractivity contribution < 1.29 is 44.3 Å². The number of tetrazole rings is 1. The predicted molar refractivity (Wildman–Crippen MR) is 150 cm³/mol. The average Bonchev–Trinajstić information content (AvgIpc) is 3.66. The van der Waals surface area contributed by atoms with E-state index in [0.29, 0.717) is 15.8 Å². The summed E-state index contributed by atoms with van der Waals surface area (Å²) in [5.41, 5.74) is 12.3. The molecule has 0 amide bonds. The van der Waals surface area contributed by atoms with Gasteiger partial charge in [0.05, 0.1) is 27.9 Å². The SMILES string of the molecule is Nc1nc2c(-c3ccc(S(=O)(=O)NC4CCC5OC4(OC(=O)C(F)(F)F)CC5N)c(S(N)(=O)=O)c3-c3nnn[nH]3)cccc2s1. The van der Waals surface area contributed by atoms with Gasteiger partial charge in [0.2, 0.25) is 25.8 Å². The van der Waals surface area contributed by atoms with Gasteiger partial charge in [0.1, 0.15) is 9.79 Å². The van der Waals surface area contributed by atoms with Crippen LogP contribution in [0.5, 0.6) is 0 Å². The number of esters is 1. The van der Waals surface area contributed by atoms with Crippen LogP contribution >= 0.6 is 11.3 Å². The van der Waals surface area contributed by atoms with Crippen molar-refractivity contribution in [2.24, 2.45) is 10.9 Å². The standard InChI is InChI=1S/C23H22F3N9O7S3/c24-23(25,26)20(36)42-22-8-11(27)12(41-22)5-7-15(22)33-45(39,40)14-6-4-9(10-2-1-3-13-17(10)30-21(28)43-13)16(18(14)44(29,37)38)19-31-34-35-32-19/h1-4,6,11-12,15,33H,5,7-8,27H2,(H2,28,30)(H2,29,37,38)(H,31,32,34,35). The molecular formula is C23H22F3N9O7S3. The first-order valence-electron chi connectivity index (χ1n) is 12.9. The van der Waals surface area contributed by atoms with Crippen molar-refractivity contribution in [3.05, 3.63) is 30.3 Å². The highest BCUT2D eigenvalue weighted by Gasteiger charge is 2.60. The summed E-state index contributed by atoms with van der Waals surface area (Å²) in [6.45, 7) is 0. The number of hydrogen-bond acceptors (Lipinski definition) is 14. The Hall–Kier alpha value is -3.80. The maximum absolute atomic E-state index is 14.0. The summed E-state index contributed by atoms with van der Waals surface area (Å²) in [5.74, 6) is -5.33. The summed E-state index contributed by atoms with van der Waals surface area (Å²) in [6, 6.07) is 4.68. The summed E-state index contributed by atoms with van der Waals surface area (Å²) in [4.78, 5) is 14.3. The molecule has 2 aromatic carbocycles. The van der Waals surface area contributed by atoms with E-state index >= 15 is 0 Å². The number of alkyl halides is 3. The van der Waals surface area contributed by atoms with Crippen molar-refractivity contribution in [1.29, 1.82) is 0 Å². The largest absolute Gasteiger partial charge is 0.491 e. The van der Waals surface area contributed by atoms with Gasteiger partial charge in [0.25, 0.3) is 0 Å². The molecule has 0 saturated carbocycles. The molecule has 0 aliphatic carbocycles. The maximum Gasteiger partial charge on any atom is 0.491 e. The lowest BCUT2D eigenvalue weighted by Crippen LogP contribution is -2.58. The van der Waals surface area contributed by atoms with Crippen LogP contribution in [-0.2, 0) is 34.3 Å². The molecule has 2 aromatic heterocycles. The van der Waals surface area contributed by atoms with Gasteiger partial charge in [-0.3, -0.25) is 0 Å². The molecule has 4 atom stereocenters. The van der Waals surface area contributed by atoms with Gasteiger partial charge in [-0.2, -0.15) is 13.2 Å². The Balaban J connectivity index is 1.51. The summed E-state index contributed by atoms with van der Waals surface area (Å²) in [5, 5.41) is 19.0. The molecule has 22 heteroatoms. The van der Waals surface area contributed by atoms with Crippen LogP contribution in [0, 0.1) is 0 Å². The molecule has 240 valence electrons. The van der Waals surface area contributed by atoms with Crippen LogP contribution in [0.4, 0.5) is 18.3 Å². The number of hydrogen-bond donors (Lipinski definition) is 5. The van der Waals surface area contributed by atoms with Crippen molar-refractivity contribution >= 4 is 52.7 Å². The lowest BCUT2D eigenvalue weighted by Gasteiger charge is -2.39. The van der Waals surface area contributed by atoms with E-state index in [-0.39, 0.29) is 34.9 Å². The molecule has 6 rings (SSSR count). The van der Waals surface area contributed by atoms with E-state index in [4.69, 9.17) is 26.1 Å². The Labute approximate surface area is 255 Å². The summed E-state index contributed by atoms with van der Waals surface area (Å²) < 4.78 is 107. The topological polar surface area (TPSA) is 261 Å². The van der Waals surface area contributed by atoms with Gasteiger partial charge in [0.15, 0.2) is 11.0 Å². The number of nitrogens with one attached hydrogen (secondary N) is 2. The molecule has 0 spiro atoms. The maximum atomic E-state index is 14.0. The third-order valence-corrected chi connectivity index (χ3v) is 10.9. The fourth-order valence-electron chi connectivity index (χ4n) is 5.62. The van der Waals surface area contributed by atoms with E-state index in [1.54, 1.807) is 18.2 Å². The minimum atomic E-state index is -5.43. The van der Waals surface area contributed by atoms with E-state index in [0.717, 1.165) is 17.4 Å². The Bertz CT molecular complexity index is 2040. The van der Waals surface area contributed by atoms with Gasteiger partial charge in [0, 0.05) is 18.0 Å². The Kier molecular flexibility index (Phi) is 7.37. The Morgan fingerprint density at radius 3 is 2.58 bits per heavy atom. The second-order valence-corrected chi connectivity index (χ2v) is 14.5.